The van der Waals surface area contributed by atoms with E-state index in [0.29, 0.717) is 18.7 Å². The third-order valence-corrected chi connectivity index (χ3v) is 2.80. The van der Waals surface area contributed by atoms with Crippen LogP contribution in [0, 0.1) is 0 Å². The highest BCUT2D eigenvalue weighted by atomic mass is 16.5. The van der Waals surface area contributed by atoms with E-state index in [9.17, 15) is 4.79 Å². The van der Waals surface area contributed by atoms with Gasteiger partial charge < -0.3 is 14.6 Å². The first-order valence-corrected chi connectivity index (χ1v) is 5.54. The largest absolute Gasteiger partial charge is 0.383 e. The molecule has 0 aliphatic heterocycles. The van der Waals surface area contributed by atoms with Crippen molar-refractivity contribution in [2.75, 3.05) is 27.3 Å². The smallest absolute Gasteiger partial charge is 0.255 e. The summed E-state index contributed by atoms with van der Waals surface area (Å²) in [4.78, 5) is 16.9. The summed E-state index contributed by atoms with van der Waals surface area (Å²) in [5, 5.41) is 0.960. The van der Waals surface area contributed by atoms with Gasteiger partial charge in [-0.25, -0.2) is 0 Å². The Morgan fingerprint density at radius 3 is 2.94 bits per heavy atom. The number of likely N-dealkylation sites (N-methyl/N-ethyl adjacent to an activating group) is 1. The van der Waals surface area contributed by atoms with Crippen molar-refractivity contribution in [3.63, 3.8) is 0 Å². The maximum absolute atomic E-state index is 12.2. The lowest BCUT2D eigenvalue weighted by Crippen LogP contribution is -2.29. The van der Waals surface area contributed by atoms with E-state index in [1.54, 1.807) is 25.3 Å². The van der Waals surface area contributed by atoms with Gasteiger partial charge in [0.1, 0.15) is 0 Å². The van der Waals surface area contributed by atoms with E-state index < -0.39 is 0 Å². The second-order valence-electron chi connectivity index (χ2n) is 3.97. The summed E-state index contributed by atoms with van der Waals surface area (Å²) in [6.07, 6.45) is 1.76. The Hall–Kier alpha value is -1.81. The van der Waals surface area contributed by atoms with Crippen molar-refractivity contribution in [3.8, 4) is 0 Å². The molecule has 4 nitrogen and oxygen atoms in total. The van der Waals surface area contributed by atoms with Gasteiger partial charge >= 0.3 is 0 Å². The van der Waals surface area contributed by atoms with Crippen LogP contribution < -0.4 is 0 Å². The predicted octanol–water partition coefficient (Wildman–Crippen LogP) is 1.89. The van der Waals surface area contributed by atoms with E-state index >= 15 is 0 Å². The Morgan fingerprint density at radius 1 is 1.41 bits per heavy atom. The van der Waals surface area contributed by atoms with E-state index in [1.807, 2.05) is 24.3 Å². The van der Waals surface area contributed by atoms with E-state index in [0.717, 1.165) is 10.9 Å². The predicted molar refractivity (Wildman–Crippen MR) is 67.1 cm³/mol. The van der Waals surface area contributed by atoms with Gasteiger partial charge in [-0.2, -0.15) is 0 Å². The number of nitrogens with one attached hydrogen (secondary N) is 1. The Labute approximate surface area is 100 Å². The molecule has 1 aromatic heterocycles. The van der Waals surface area contributed by atoms with Gasteiger partial charge in [0.15, 0.2) is 0 Å². The minimum atomic E-state index is 0.0134. The molecule has 1 aromatic carbocycles. The molecule has 0 fully saturated rings. The number of carbonyl (C=O) groups excluding carboxylic acids is 1. The number of benzene rings is 1. The van der Waals surface area contributed by atoms with Crippen molar-refractivity contribution in [1.82, 2.24) is 9.88 Å². The van der Waals surface area contributed by atoms with Crippen molar-refractivity contribution in [1.29, 1.82) is 0 Å². The van der Waals surface area contributed by atoms with Crippen molar-refractivity contribution in [3.05, 3.63) is 36.0 Å². The molecule has 0 unspecified atom stereocenters. The number of methoxy groups -OCH3 is 1. The maximum Gasteiger partial charge on any atom is 0.255 e. The molecule has 0 bridgehead atoms. The fourth-order valence-electron chi connectivity index (χ4n) is 1.78. The standard InChI is InChI=1S/C13H16N2O2/c1-15(7-8-17-2)13(16)11-9-14-12-6-4-3-5-10(11)12/h3-6,9,14H,7-8H2,1-2H3. The number of H-pyrrole nitrogens is 1. The number of aromatic amines is 1. The van der Waals surface area contributed by atoms with Crippen LogP contribution in [0.2, 0.25) is 0 Å². The molecule has 90 valence electrons. The van der Waals surface area contributed by atoms with Crippen LogP contribution in [0.5, 0.6) is 0 Å². The van der Waals surface area contributed by atoms with Crippen LogP contribution in [-0.2, 0) is 4.74 Å². The molecule has 0 atom stereocenters. The SMILES string of the molecule is COCCN(C)C(=O)c1c[nH]c2ccccc12. The minimum Gasteiger partial charge on any atom is -0.383 e. The summed E-state index contributed by atoms with van der Waals surface area (Å²) in [6.45, 7) is 1.14. The van der Waals surface area contributed by atoms with Crippen molar-refractivity contribution in [2.45, 2.75) is 0 Å². The first kappa shape index (κ1) is 11.7. The summed E-state index contributed by atoms with van der Waals surface area (Å²) in [7, 11) is 3.41. The van der Waals surface area contributed by atoms with Gasteiger partial charge in [-0.05, 0) is 6.07 Å². The van der Waals surface area contributed by atoms with Gasteiger partial charge in [-0.15, -0.1) is 0 Å². The lowest BCUT2D eigenvalue weighted by molar-refractivity contribution is 0.0746. The van der Waals surface area contributed by atoms with Crippen LogP contribution in [0.15, 0.2) is 30.5 Å². The van der Waals surface area contributed by atoms with E-state index in [2.05, 4.69) is 4.98 Å². The highest BCUT2D eigenvalue weighted by Gasteiger charge is 2.15. The van der Waals surface area contributed by atoms with E-state index in [4.69, 9.17) is 4.74 Å². The number of hydrogen-bond acceptors (Lipinski definition) is 2. The molecule has 2 rings (SSSR count). The molecule has 0 aliphatic rings. The summed E-state index contributed by atoms with van der Waals surface area (Å²) in [6, 6.07) is 7.79. The topological polar surface area (TPSA) is 45.3 Å². The van der Waals surface area contributed by atoms with Crippen LogP contribution in [0.1, 0.15) is 10.4 Å². The molecule has 0 radical (unpaired) electrons. The summed E-state index contributed by atoms with van der Waals surface area (Å²) >= 11 is 0. The average molecular weight is 232 g/mol. The lowest BCUT2D eigenvalue weighted by Gasteiger charge is -2.15. The lowest BCUT2D eigenvalue weighted by atomic mass is 10.1. The minimum absolute atomic E-state index is 0.0134. The van der Waals surface area contributed by atoms with Crippen LogP contribution in [0.3, 0.4) is 0 Å². The first-order valence-electron chi connectivity index (χ1n) is 5.54. The first-order chi connectivity index (χ1) is 8.24. The second-order valence-corrected chi connectivity index (χ2v) is 3.97. The molecule has 0 aliphatic carbocycles. The molecule has 1 amide bonds. The molecule has 0 spiro atoms. The van der Waals surface area contributed by atoms with Gasteiger partial charge in [-0.1, -0.05) is 18.2 Å². The maximum atomic E-state index is 12.2. The van der Waals surface area contributed by atoms with Gasteiger partial charge in [0.05, 0.1) is 12.2 Å². The van der Waals surface area contributed by atoms with Crippen LogP contribution >= 0.6 is 0 Å². The van der Waals surface area contributed by atoms with Gasteiger partial charge in [0, 0.05) is 37.8 Å². The molecule has 2 aromatic rings. The Bertz CT molecular complexity index is 519. The third kappa shape index (κ3) is 2.31. The second kappa shape index (κ2) is 5.01. The molecule has 0 saturated heterocycles. The summed E-state index contributed by atoms with van der Waals surface area (Å²) < 4.78 is 4.97. The number of para-hydroxylation sites is 1. The van der Waals surface area contributed by atoms with Crippen LogP contribution in [0.4, 0.5) is 0 Å². The Balaban J connectivity index is 2.24. The monoisotopic (exact) mass is 232 g/mol. The van der Waals surface area contributed by atoms with E-state index in [1.165, 1.54) is 0 Å². The van der Waals surface area contributed by atoms with Crippen molar-refractivity contribution >= 4 is 16.8 Å². The van der Waals surface area contributed by atoms with Gasteiger partial charge in [0.2, 0.25) is 0 Å². The van der Waals surface area contributed by atoms with Crippen molar-refractivity contribution in [2.24, 2.45) is 0 Å². The highest BCUT2D eigenvalue weighted by molar-refractivity contribution is 6.06. The summed E-state index contributed by atoms with van der Waals surface area (Å²) in [5.41, 5.74) is 1.69. The highest BCUT2D eigenvalue weighted by Crippen LogP contribution is 2.18. The van der Waals surface area contributed by atoms with E-state index in [-0.39, 0.29) is 5.91 Å². The van der Waals surface area contributed by atoms with Crippen LogP contribution in [-0.4, -0.2) is 43.1 Å². The van der Waals surface area contributed by atoms with Gasteiger partial charge in [0.25, 0.3) is 5.91 Å². The molecule has 1 N–H and O–H groups in total. The molecule has 4 heteroatoms. The third-order valence-electron chi connectivity index (χ3n) is 2.80. The number of ether oxygens (including phenoxy) is 1. The number of nitrogens with zero attached hydrogens (tertiary/aromatic N) is 1. The number of fused-ring (bicyclic) bond motifs is 1. The normalized spacial score (nSPS) is 10.7. The number of amides is 1. The number of aromatic nitrogens is 1. The zero-order valence-corrected chi connectivity index (χ0v) is 10.1. The number of carbonyl (C=O) groups is 1. The quantitative estimate of drug-likeness (QED) is 0.874. The average Bonchev–Trinajstić information content (AvgIpc) is 2.78. The fraction of sp³-hybridized carbons (Fsp3) is 0.308. The zero-order valence-electron chi connectivity index (χ0n) is 10.1. The number of hydrogen-bond donors (Lipinski definition) is 1. The fourth-order valence-corrected chi connectivity index (χ4v) is 1.78. The Morgan fingerprint density at radius 2 is 2.18 bits per heavy atom. The molecule has 0 saturated carbocycles. The van der Waals surface area contributed by atoms with Gasteiger partial charge in [-0.3, -0.25) is 4.79 Å². The zero-order chi connectivity index (χ0) is 12.3. The summed E-state index contributed by atoms with van der Waals surface area (Å²) in [5.74, 6) is 0.0134. The van der Waals surface area contributed by atoms with Crippen LogP contribution in [0.25, 0.3) is 10.9 Å². The molecular weight excluding hydrogens is 216 g/mol. The molecular formula is C13H16N2O2. The molecule has 17 heavy (non-hydrogen) atoms. The van der Waals surface area contributed by atoms with Crippen molar-refractivity contribution < 1.29 is 9.53 Å². The Kier molecular flexibility index (Phi) is 3.44. The number of rotatable bonds is 4. The molecule has 1 heterocycles.